The van der Waals surface area contributed by atoms with Crippen molar-refractivity contribution < 1.29 is 58.9 Å². The number of alkyl halides is 5. The fraction of sp³-hybridized carbons (Fsp3) is 0.389. The standard InChI is InChI=1S/C18H14F8O5/c1-28-9-4-2-8(3-5-9)6-29-7-10(18(24,25)26)30-17(27)31-16-14(22)12(20)11(19)13(21)15(16)23/h2-5,10-12H,6-7H2,1H3. The minimum atomic E-state index is -5.19. The summed E-state index contributed by atoms with van der Waals surface area (Å²) in [5, 5.41) is 0. The lowest BCUT2D eigenvalue weighted by Crippen LogP contribution is -2.38. The fourth-order valence-electron chi connectivity index (χ4n) is 2.23. The van der Waals surface area contributed by atoms with Crippen LogP contribution in [0.4, 0.5) is 39.9 Å². The number of rotatable bonds is 7. The van der Waals surface area contributed by atoms with Crippen molar-refractivity contribution in [3.8, 4) is 5.75 Å². The quantitative estimate of drug-likeness (QED) is 0.406. The van der Waals surface area contributed by atoms with Gasteiger partial charge in [0.05, 0.1) is 20.3 Å². The van der Waals surface area contributed by atoms with Crippen molar-refractivity contribution in [3.05, 3.63) is 53.1 Å². The van der Waals surface area contributed by atoms with E-state index in [1.807, 2.05) is 0 Å². The lowest BCUT2D eigenvalue weighted by Gasteiger charge is -2.22. The predicted molar refractivity (Wildman–Crippen MR) is 87.2 cm³/mol. The molecule has 13 heteroatoms. The Bertz CT molecular complexity index is 850. The summed E-state index contributed by atoms with van der Waals surface area (Å²) < 4.78 is 123. The van der Waals surface area contributed by atoms with Gasteiger partial charge in [-0.2, -0.15) is 17.6 Å². The second-order valence-corrected chi connectivity index (χ2v) is 6.01. The van der Waals surface area contributed by atoms with Gasteiger partial charge < -0.3 is 18.9 Å². The molecule has 1 aromatic carbocycles. The van der Waals surface area contributed by atoms with Crippen LogP contribution in [0, 0.1) is 0 Å². The number of benzene rings is 1. The zero-order valence-electron chi connectivity index (χ0n) is 15.5. The Balaban J connectivity index is 2.01. The lowest BCUT2D eigenvalue weighted by atomic mass is 10.1. The third-order valence-corrected chi connectivity index (χ3v) is 3.85. The summed E-state index contributed by atoms with van der Waals surface area (Å²) >= 11 is 0. The molecule has 0 aromatic heterocycles. The lowest BCUT2D eigenvalue weighted by molar-refractivity contribution is -0.222. The molecule has 2 rings (SSSR count). The SMILES string of the molecule is COc1ccc(COCC(OC(=O)OC2=C(F)C(F)C(F)C(F)=C2F)C(F)(F)F)cc1. The van der Waals surface area contributed by atoms with Crippen molar-refractivity contribution in [1.82, 2.24) is 0 Å². The molecule has 0 amide bonds. The highest BCUT2D eigenvalue weighted by Crippen LogP contribution is 2.37. The first-order chi connectivity index (χ1) is 14.5. The first kappa shape index (κ1) is 24.4. The van der Waals surface area contributed by atoms with Crippen molar-refractivity contribution >= 4 is 6.16 Å². The van der Waals surface area contributed by atoms with E-state index in [9.17, 15) is 39.9 Å². The summed E-state index contributed by atoms with van der Waals surface area (Å²) in [6.45, 7) is -1.57. The van der Waals surface area contributed by atoms with Gasteiger partial charge in [-0.15, -0.1) is 0 Å². The van der Waals surface area contributed by atoms with Crippen molar-refractivity contribution in [2.45, 2.75) is 31.2 Å². The number of hydrogen-bond donors (Lipinski definition) is 0. The molecule has 0 fully saturated rings. The van der Waals surface area contributed by atoms with E-state index >= 15 is 0 Å². The van der Waals surface area contributed by atoms with Crippen LogP contribution in [-0.2, 0) is 20.8 Å². The Morgan fingerprint density at radius 1 is 1.03 bits per heavy atom. The highest BCUT2D eigenvalue weighted by Gasteiger charge is 2.45. The summed E-state index contributed by atoms with van der Waals surface area (Å²) in [5.74, 6) is -8.77. The van der Waals surface area contributed by atoms with Crippen LogP contribution in [0.1, 0.15) is 5.56 Å². The molecule has 1 aliphatic carbocycles. The van der Waals surface area contributed by atoms with Gasteiger partial charge in [0.1, 0.15) is 5.75 Å². The molecule has 31 heavy (non-hydrogen) atoms. The Hall–Kier alpha value is -2.83. The summed E-state index contributed by atoms with van der Waals surface area (Å²) in [6.07, 6.45) is -17.2. The van der Waals surface area contributed by atoms with Gasteiger partial charge in [0.2, 0.25) is 17.7 Å². The Morgan fingerprint density at radius 2 is 1.61 bits per heavy atom. The summed E-state index contributed by atoms with van der Waals surface area (Å²) in [5.41, 5.74) is 0.441. The Labute approximate surface area is 169 Å². The van der Waals surface area contributed by atoms with Gasteiger partial charge in [0.15, 0.2) is 24.0 Å². The number of carbonyl (C=O) groups is 1. The van der Waals surface area contributed by atoms with E-state index in [4.69, 9.17) is 9.47 Å². The number of hydrogen-bond acceptors (Lipinski definition) is 5. The molecule has 3 atom stereocenters. The zero-order valence-corrected chi connectivity index (χ0v) is 15.5. The molecule has 0 saturated heterocycles. The van der Waals surface area contributed by atoms with Crippen molar-refractivity contribution in [2.24, 2.45) is 0 Å². The number of carbonyl (C=O) groups excluding carboxylic acids is 1. The van der Waals surface area contributed by atoms with Crippen LogP contribution in [-0.4, -0.2) is 44.5 Å². The second kappa shape index (κ2) is 9.98. The molecule has 5 nitrogen and oxygen atoms in total. The van der Waals surface area contributed by atoms with Crippen molar-refractivity contribution in [2.75, 3.05) is 13.7 Å². The molecular weight excluding hydrogens is 448 g/mol. The van der Waals surface area contributed by atoms with Crippen LogP contribution >= 0.6 is 0 Å². The van der Waals surface area contributed by atoms with E-state index in [2.05, 4.69) is 9.47 Å². The Morgan fingerprint density at radius 3 is 2.16 bits per heavy atom. The van der Waals surface area contributed by atoms with E-state index in [1.54, 1.807) is 0 Å². The van der Waals surface area contributed by atoms with Gasteiger partial charge in [-0.25, -0.2) is 22.4 Å². The number of ether oxygens (including phenoxy) is 4. The predicted octanol–water partition coefficient (Wildman–Crippen LogP) is 5.32. The van der Waals surface area contributed by atoms with Gasteiger partial charge in [0.25, 0.3) is 0 Å². The topological polar surface area (TPSA) is 54.0 Å². The van der Waals surface area contributed by atoms with E-state index in [-0.39, 0.29) is 6.61 Å². The monoisotopic (exact) mass is 462 g/mol. The molecule has 0 N–H and O–H groups in total. The minimum absolute atomic E-state index is 0.335. The highest BCUT2D eigenvalue weighted by atomic mass is 19.4. The number of halogens is 8. The van der Waals surface area contributed by atoms with E-state index in [0.717, 1.165) is 0 Å². The zero-order chi connectivity index (χ0) is 23.3. The van der Waals surface area contributed by atoms with Gasteiger partial charge in [-0.1, -0.05) is 12.1 Å². The smallest absolute Gasteiger partial charge is 0.497 e. The third-order valence-electron chi connectivity index (χ3n) is 3.85. The van der Waals surface area contributed by atoms with Crippen molar-refractivity contribution in [1.29, 1.82) is 0 Å². The van der Waals surface area contributed by atoms with Crippen LogP contribution in [0.25, 0.3) is 0 Å². The minimum Gasteiger partial charge on any atom is -0.497 e. The van der Waals surface area contributed by atoms with Crippen LogP contribution < -0.4 is 4.74 Å². The molecule has 3 unspecified atom stereocenters. The first-order valence-corrected chi connectivity index (χ1v) is 8.34. The maximum atomic E-state index is 13.5. The molecule has 0 spiro atoms. The molecule has 0 bridgehead atoms. The number of allylic oxidation sites excluding steroid dienone is 3. The van der Waals surface area contributed by atoms with E-state index in [0.29, 0.717) is 11.3 Å². The average molecular weight is 462 g/mol. The van der Waals surface area contributed by atoms with E-state index in [1.165, 1.54) is 31.4 Å². The van der Waals surface area contributed by atoms with Gasteiger partial charge in [-0.3, -0.25) is 0 Å². The summed E-state index contributed by atoms with van der Waals surface area (Å²) in [4.78, 5) is 11.5. The first-order valence-electron chi connectivity index (χ1n) is 8.34. The van der Waals surface area contributed by atoms with Crippen LogP contribution in [0.2, 0.25) is 0 Å². The number of methoxy groups -OCH3 is 1. The van der Waals surface area contributed by atoms with Gasteiger partial charge in [-0.05, 0) is 17.7 Å². The molecule has 0 aliphatic heterocycles. The molecular formula is C18H14F8O5. The molecule has 0 heterocycles. The van der Waals surface area contributed by atoms with Gasteiger partial charge in [0, 0.05) is 0 Å². The third kappa shape index (κ3) is 6.09. The normalized spacial score (nSPS) is 20.5. The van der Waals surface area contributed by atoms with Crippen LogP contribution in [0.3, 0.4) is 0 Å². The molecule has 172 valence electrons. The van der Waals surface area contributed by atoms with Crippen molar-refractivity contribution in [3.63, 3.8) is 0 Å². The van der Waals surface area contributed by atoms with E-state index < -0.39 is 60.6 Å². The fourth-order valence-corrected chi connectivity index (χ4v) is 2.23. The highest BCUT2D eigenvalue weighted by molar-refractivity contribution is 5.63. The maximum absolute atomic E-state index is 13.5. The average Bonchev–Trinajstić information content (AvgIpc) is 2.73. The van der Waals surface area contributed by atoms with Crippen LogP contribution in [0.5, 0.6) is 5.75 Å². The van der Waals surface area contributed by atoms with Gasteiger partial charge >= 0.3 is 12.3 Å². The van der Waals surface area contributed by atoms with Crippen LogP contribution in [0.15, 0.2) is 47.5 Å². The second-order valence-electron chi connectivity index (χ2n) is 6.01. The molecule has 0 saturated carbocycles. The summed E-state index contributed by atoms with van der Waals surface area (Å²) in [6, 6.07) is 6.01. The maximum Gasteiger partial charge on any atom is 0.514 e. The largest absolute Gasteiger partial charge is 0.514 e. The molecule has 1 aromatic rings. The molecule has 0 radical (unpaired) electrons. The Kier molecular flexibility index (Phi) is 7.87. The summed E-state index contributed by atoms with van der Waals surface area (Å²) in [7, 11) is 1.41. The molecule has 1 aliphatic rings.